The number of anilines is 1. The Morgan fingerprint density at radius 2 is 1.65 bits per heavy atom. The van der Waals surface area contributed by atoms with Gasteiger partial charge in [-0.2, -0.15) is 0 Å². The summed E-state index contributed by atoms with van der Waals surface area (Å²) in [4.78, 5) is 23.7. The summed E-state index contributed by atoms with van der Waals surface area (Å²) in [7, 11) is -3.61. The van der Waals surface area contributed by atoms with Crippen molar-refractivity contribution >= 4 is 27.6 Å². The maximum absolute atomic E-state index is 12.8. The lowest BCUT2D eigenvalue weighted by atomic mass is 10.2. The summed E-state index contributed by atoms with van der Waals surface area (Å²) >= 11 is 0. The van der Waals surface area contributed by atoms with Crippen LogP contribution in [0.5, 0.6) is 0 Å². The van der Waals surface area contributed by atoms with E-state index in [4.69, 9.17) is 4.74 Å². The average Bonchev–Trinajstić information content (AvgIpc) is 2.62. The molecule has 0 aromatic heterocycles. The van der Waals surface area contributed by atoms with Gasteiger partial charge in [0, 0.05) is 12.2 Å². The van der Waals surface area contributed by atoms with Crippen LogP contribution in [0.2, 0.25) is 0 Å². The van der Waals surface area contributed by atoms with E-state index >= 15 is 0 Å². The maximum atomic E-state index is 12.8. The fourth-order valence-corrected chi connectivity index (χ4v) is 3.03. The predicted molar refractivity (Wildman–Crippen MR) is 92.6 cm³/mol. The second-order valence-corrected chi connectivity index (χ2v) is 6.92. The Kier molecular flexibility index (Phi) is 6.42. The van der Waals surface area contributed by atoms with Crippen LogP contribution in [0.3, 0.4) is 0 Å². The summed E-state index contributed by atoms with van der Waals surface area (Å²) in [5, 5.41) is 2.45. The summed E-state index contributed by atoms with van der Waals surface area (Å²) in [5.74, 6) is -1.79. The minimum absolute atomic E-state index is 0.0185. The van der Waals surface area contributed by atoms with Crippen molar-refractivity contribution in [2.45, 2.75) is 11.8 Å². The molecular weight excluding hydrogens is 363 g/mol. The van der Waals surface area contributed by atoms with Gasteiger partial charge in [-0.3, -0.25) is 4.79 Å². The molecule has 0 aliphatic heterocycles. The molecule has 0 heterocycles. The van der Waals surface area contributed by atoms with E-state index in [2.05, 4.69) is 10.0 Å². The van der Waals surface area contributed by atoms with Crippen LogP contribution in [0, 0.1) is 5.82 Å². The third-order valence-corrected chi connectivity index (χ3v) is 4.76. The van der Waals surface area contributed by atoms with Crippen LogP contribution in [0.1, 0.15) is 17.3 Å². The normalized spacial score (nSPS) is 11.0. The van der Waals surface area contributed by atoms with Gasteiger partial charge < -0.3 is 10.1 Å². The SMILES string of the molecule is CCNS(=O)(=O)c1ccc(C(=O)OCC(=O)Nc2ccc(F)cc2)cc1. The van der Waals surface area contributed by atoms with Crippen molar-refractivity contribution in [2.24, 2.45) is 0 Å². The fourth-order valence-electron chi connectivity index (χ4n) is 1.99. The lowest BCUT2D eigenvalue weighted by molar-refractivity contribution is -0.119. The molecule has 0 fully saturated rings. The van der Waals surface area contributed by atoms with Crippen molar-refractivity contribution in [3.8, 4) is 0 Å². The quantitative estimate of drug-likeness (QED) is 0.715. The van der Waals surface area contributed by atoms with Crippen LogP contribution in [0.15, 0.2) is 53.4 Å². The highest BCUT2D eigenvalue weighted by molar-refractivity contribution is 7.89. The first-order valence-electron chi connectivity index (χ1n) is 7.64. The number of benzene rings is 2. The van der Waals surface area contributed by atoms with Gasteiger partial charge in [0.05, 0.1) is 10.5 Å². The molecule has 0 aliphatic carbocycles. The molecule has 0 unspecified atom stereocenters. The summed E-state index contributed by atoms with van der Waals surface area (Å²) in [5.41, 5.74) is 0.473. The Balaban J connectivity index is 1.91. The van der Waals surface area contributed by atoms with E-state index in [1.165, 1.54) is 48.5 Å². The molecule has 0 radical (unpaired) electrons. The molecule has 2 N–H and O–H groups in total. The van der Waals surface area contributed by atoms with Crippen molar-refractivity contribution in [1.29, 1.82) is 0 Å². The molecule has 0 spiro atoms. The van der Waals surface area contributed by atoms with E-state index in [9.17, 15) is 22.4 Å². The van der Waals surface area contributed by atoms with Gasteiger partial charge in [-0.25, -0.2) is 22.3 Å². The molecule has 2 aromatic carbocycles. The van der Waals surface area contributed by atoms with Crippen LogP contribution < -0.4 is 10.0 Å². The number of nitrogens with one attached hydrogen (secondary N) is 2. The molecule has 0 saturated carbocycles. The topological polar surface area (TPSA) is 102 Å². The molecule has 26 heavy (non-hydrogen) atoms. The highest BCUT2D eigenvalue weighted by atomic mass is 32.2. The number of carbonyl (C=O) groups excluding carboxylic acids is 2. The summed E-state index contributed by atoms with van der Waals surface area (Å²) in [6.07, 6.45) is 0. The predicted octanol–water partition coefficient (Wildman–Crippen LogP) is 1.92. The van der Waals surface area contributed by atoms with Crippen molar-refractivity contribution < 1.29 is 27.1 Å². The zero-order valence-corrected chi connectivity index (χ0v) is 14.7. The molecule has 0 aliphatic rings. The standard InChI is InChI=1S/C17H17FN2O5S/c1-2-19-26(23,24)15-9-3-12(4-10-15)17(22)25-11-16(21)20-14-7-5-13(18)6-8-14/h3-10,19H,2,11H2,1H3,(H,20,21). The largest absolute Gasteiger partial charge is 0.452 e. The van der Waals surface area contributed by atoms with Gasteiger partial charge >= 0.3 is 5.97 Å². The van der Waals surface area contributed by atoms with Crippen molar-refractivity contribution in [2.75, 3.05) is 18.5 Å². The average molecular weight is 380 g/mol. The van der Waals surface area contributed by atoms with Gasteiger partial charge in [0.1, 0.15) is 5.82 Å². The number of carbonyl (C=O) groups is 2. The zero-order chi connectivity index (χ0) is 19.2. The maximum Gasteiger partial charge on any atom is 0.338 e. The molecular formula is C17H17FN2O5S. The number of amides is 1. The van der Waals surface area contributed by atoms with Crippen LogP contribution in [0.25, 0.3) is 0 Å². The van der Waals surface area contributed by atoms with Crippen molar-refractivity contribution in [3.05, 3.63) is 59.9 Å². The van der Waals surface area contributed by atoms with Crippen molar-refractivity contribution in [1.82, 2.24) is 4.72 Å². The molecule has 0 bridgehead atoms. The second kappa shape index (κ2) is 8.54. The Morgan fingerprint density at radius 3 is 2.23 bits per heavy atom. The number of hydrogen-bond donors (Lipinski definition) is 2. The lowest BCUT2D eigenvalue weighted by Gasteiger charge is -2.08. The molecule has 7 nitrogen and oxygen atoms in total. The molecule has 0 atom stereocenters. The lowest BCUT2D eigenvalue weighted by Crippen LogP contribution is -2.23. The summed E-state index contributed by atoms with van der Waals surface area (Å²) < 4.78 is 43.6. The highest BCUT2D eigenvalue weighted by Crippen LogP contribution is 2.12. The number of rotatable bonds is 7. The Morgan fingerprint density at radius 1 is 1.04 bits per heavy atom. The first kappa shape index (κ1) is 19.5. The zero-order valence-electron chi connectivity index (χ0n) is 13.9. The Hall–Kier alpha value is -2.78. The van der Waals surface area contributed by atoms with E-state index in [-0.39, 0.29) is 17.0 Å². The monoisotopic (exact) mass is 380 g/mol. The number of sulfonamides is 1. The van der Waals surface area contributed by atoms with Gasteiger partial charge in [0.15, 0.2) is 6.61 Å². The molecule has 0 saturated heterocycles. The van der Waals surface area contributed by atoms with Gasteiger partial charge in [-0.1, -0.05) is 6.92 Å². The van der Waals surface area contributed by atoms with E-state index < -0.39 is 34.3 Å². The molecule has 9 heteroatoms. The van der Waals surface area contributed by atoms with Crippen LogP contribution in [0.4, 0.5) is 10.1 Å². The van der Waals surface area contributed by atoms with E-state index in [1.54, 1.807) is 6.92 Å². The third-order valence-electron chi connectivity index (χ3n) is 3.20. The number of ether oxygens (including phenoxy) is 1. The Bertz CT molecular complexity index is 880. The molecule has 2 aromatic rings. The fraction of sp³-hybridized carbons (Fsp3) is 0.176. The van der Waals surface area contributed by atoms with Gasteiger partial charge in [0.2, 0.25) is 10.0 Å². The van der Waals surface area contributed by atoms with Gasteiger partial charge in [-0.05, 0) is 48.5 Å². The number of halogens is 1. The smallest absolute Gasteiger partial charge is 0.338 e. The Labute approximate surface area is 150 Å². The summed E-state index contributed by atoms with van der Waals surface area (Å²) in [6, 6.07) is 10.3. The van der Waals surface area contributed by atoms with E-state index in [0.29, 0.717) is 5.69 Å². The van der Waals surface area contributed by atoms with Crippen LogP contribution in [-0.2, 0) is 19.6 Å². The molecule has 1 amide bonds. The van der Waals surface area contributed by atoms with E-state index in [0.717, 1.165) is 0 Å². The van der Waals surface area contributed by atoms with Crippen LogP contribution >= 0.6 is 0 Å². The third kappa shape index (κ3) is 5.36. The number of hydrogen-bond acceptors (Lipinski definition) is 5. The van der Waals surface area contributed by atoms with E-state index in [1.807, 2.05) is 0 Å². The van der Waals surface area contributed by atoms with Gasteiger partial charge in [0.25, 0.3) is 5.91 Å². The summed E-state index contributed by atoms with van der Waals surface area (Å²) in [6.45, 7) is 1.36. The van der Waals surface area contributed by atoms with Gasteiger partial charge in [-0.15, -0.1) is 0 Å². The second-order valence-electron chi connectivity index (χ2n) is 5.16. The first-order chi connectivity index (χ1) is 12.3. The number of esters is 1. The molecule has 138 valence electrons. The van der Waals surface area contributed by atoms with Crippen molar-refractivity contribution in [3.63, 3.8) is 0 Å². The first-order valence-corrected chi connectivity index (χ1v) is 9.12. The minimum atomic E-state index is -3.61. The van der Waals surface area contributed by atoms with Crippen LogP contribution in [-0.4, -0.2) is 33.4 Å². The molecule has 2 rings (SSSR count). The highest BCUT2D eigenvalue weighted by Gasteiger charge is 2.15. The minimum Gasteiger partial charge on any atom is -0.452 e.